The van der Waals surface area contributed by atoms with Gasteiger partial charge in [0.15, 0.2) is 0 Å². The molecule has 5 amide bonds. The van der Waals surface area contributed by atoms with Crippen LogP contribution in [-0.2, 0) is 19.1 Å². The van der Waals surface area contributed by atoms with Gasteiger partial charge in [0.25, 0.3) is 11.8 Å². The average Bonchev–Trinajstić information content (AvgIpc) is 3.68. The third kappa shape index (κ3) is 8.60. The number of carbonyl (C=O) groups is 5. The second-order valence-electron chi connectivity index (χ2n) is 15.7. The number of pyridine rings is 1. The van der Waals surface area contributed by atoms with Gasteiger partial charge in [0.1, 0.15) is 35.5 Å². The lowest BCUT2D eigenvalue weighted by Gasteiger charge is -2.35. The van der Waals surface area contributed by atoms with Crippen LogP contribution < -0.4 is 26.2 Å². The van der Waals surface area contributed by atoms with Crippen LogP contribution in [0.15, 0.2) is 79.0 Å². The lowest BCUT2D eigenvalue weighted by atomic mass is 9.85. The number of likely N-dealkylation sites (tertiary alicyclic amines) is 1. The minimum absolute atomic E-state index is 0.0352. The summed E-state index contributed by atoms with van der Waals surface area (Å²) >= 11 is 1.48. The number of para-hydroxylation sites is 2. The van der Waals surface area contributed by atoms with Crippen molar-refractivity contribution < 1.29 is 33.4 Å². The fourth-order valence-electron chi connectivity index (χ4n) is 7.43. The van der Waals surface area contributed by atoms with Crippen molar-refractivity contribution in [1.82, 2.24) is 41.3 Å². The quantitative estimate of drug-likeness (QED) is 0.122. The van der Waals surface area contributed by atoms with Crippen molar-refractivity contribution in [3.63, 3.8) is 0 Å². The molecule has 3 aromatic heterocycles. The zero-order valence-electron chi connectivity index (χ0n) is 32.0. The van der Waals surface area contributed by atoms with Crippen LogP contribution in [0, 0.1) is 11.3 Å². The summed E-state index contributed by atoms with van der Waals surface area (Å²) in [4.78, 5) is 84.6. The Hall–Kier alpha value is -5.90. The number of carbonyl (C=O) groups excluding carboxylic acids is 5. The molecule has 1 aromatic carbocycles. The van der Waals surface area contributed by atoms with E-state index in [1.165, 1.54) is 28.6 Å². The molecule has 16 heteroatoms. The summed E-state index contributed by atoms with van der Waals surface area (Å²) in [6.07, 6.45) is 6.47. The van der Waals surface area contributed by atoms with E-state index in [4.69, 9.17) is 19.4 Å². The Kier molecular flexibility index (Phi) is 11.2. The van der Waals surface area contributed by atoms with Crippen molar-refractivity contribution in [2.45, 2.75) is 89.1 Å². The van der Waals surface area contributed by atoms with Crippen LogP contribution in [0.1, 0.15) is 69.7 Å². The van der Waals surface area contributed by atoms with Gasteiger partial charge in [-0.05, 0) is 73.2 Å². The third-order valence-electron chi connectivity index (χ3n) is 10.6. The van der Waals surface area contributed by atoms with E-state index in [2.05, 4.69) is 33.0 Å². The summed E-state index contributed by atoms with van der Waals surface area (Å²) < 4.78 is 12.3. The van der Waals surface area contributed by atoms with E-state index in [1.54, 1.807) is 18.2 Å². The van der Waals surface area contributed by atoms with Gasteiger partial charge in [0.05, 0.1) is 28.0 Å². The molecular formula is C41H46N8O7S. The normalized spacial score (nSPS) is 22.3. The highest BCUT2D eigenvalue weighted by Crippen LogP contribution is 2.45. The van der Waals surface area contributed by atoms with Gasteiger partial charge in [-0.1, -0.05) is 45.0 Å². The maximum atomic E-state index is 14.7. The van der Waals surface area contributed by atoms with Crippen molar-refractivity contribution in [3.05, 3.63) is 84.5 Å². The van der Waals surface area contributed by atoms with Gasteiger partial charge in [-0.2, -0.15) is 0 Å². The summed E-state index contributed by atoms with van der Waals surface area (Å²) in [5, 5.41) is 7.62. The van der Waals surface area contributed by atoms with Crippen LogP contribution >= 0.6 is 11.3 Å². The predicted molar refractivity (Wildman–Crippen MR) is 212 cm³/mol. The summed E-state index contributed by atoms with van der Waals surface area (Å²) in [5.41, 5.74) is 4.62. The Balaban J connectivity index is 1.16. The monoisotopic (exact) mass is 794 g/mol. The Labute approximate surface area is 334 Å². The number of alkyl carbamates (subject to hydrolysis) is 1. The third-order valence-corrected chi connectivity index (χ3v) is 11.5. The molecule has 3 aliphatic rings. The molecule has 1 aliphatic heterocycles. The zero-order valence-corrected chi connectivity index (χ0v) is 32.8. The molecule has 2 aliphatic carbocycles. The van der Waals surface area contributed by atoms with E-state index in [-0.39, 0.29) is 36.9 Å². The highest BCUT2D eigenvalue weighted by atomic mass is 32.1. The molecule has 0 spiro atoms. The molecule has 3 fully saturated rings. The van der Waals surface area contributed by atoms with Gasteiger partial charge in [0.2, 0.25) is 17.7 Å². The number of benzene rings is 1. The Morgan fingerprint density at radius 3 is 2.39 bits per heavy atom. The standard InChI is InChI=1S/C41H46N8O7S/c1-5-25-21-41(25,38(53)48-47-34(50)24-12-10-18-42-22-24)46-35(51)30-20-27(55-36-32(31-17-11-19-57-31)43-28-15-8-9-16-29(28)44-36)23-49(30)37(52)33(40(2,3)4)45-39(54)56-26-13-6-7-14-26/h5,8-12,15-19,22,25-27,30,33H,1,6-7,13-14,20-21,23H2,2-4H3,(H,45,54)(H,46,51)(H,47,50)(H,48,53)/t25-,27-,30+,33-,41+/m1/s1. The van der Waals surface area contributed by atoms with Crippen LogP contribution in [0.4, 0.5) is 4.79 Å². The number of nitrogens with zero attached hydrogens (tertiary/aromatic N) is 4. The van der Waals surface area contributed by atoms with Crippen molar-refractivity contribution in [3.8, 4) is 16.5 Å². The molecule has 4 N–H and O–H groups in total. The number of ether oxygens (including phenoxy) is 2. The van der Waals surface area contributed by atoms with Crippen molar-refractivity contribution in [2.75, 3.05) is 6.54 Å². The summed E-state index contributed by atoms with van der Waals surface area (Å²) in [5.74, 6) is -2.58. The van der Waals surface area contributed by atoms with Gasteiger partial charge in [-0.15, -0.1) is 17.9 Å². The first-order chi connectivity index (χ1) is 27.4. The molecule has 4 aromatic rings. The number of rotatable bonds is 11. The molecule has 0 unspecified atom stereocenters. The Bertz CT molecular complexity index is 2150. The summed E-state index contributed by atoms with van der Waals surface area (Å²) in [6, 6.07) is 12.2. The topological polar surface area (TPSA) is 194 Å². The zero-order chi connectivity index (χ0) is 40.3. The van der Waals surface area contributed by atoms with E-state index < -0.39 is 64.8 Å². The van der Waals surface area contributed by atoms with Crippen molar-refractivity contribution in [1.29, 1.82) is 0 Å². The molecule has 298 valence electrons. The number of hydrogen-bond donors (Lipinski definition) is 4. The highest BCUT2D eigenvalue weighted by Gasteiger charge is 2.61. The molecule has 4 heterocycles. The maximum Gasteiger partial charge on any atom is 0.408 e. The van der Waals surface area contributed by atoms with Gasteiger partial charge in [-0.25, -0.2) is 14.8 Å². The molecule has 2 saturated carbocycles. The highest BCUT2D eigenvalue weighted by molar-refractivity contribution is 7.13. The minimum atomic E-state index is -1.45. The predicted octanol–water partition coefficient (Wildman–Crippen LogP) is 4.71. The number of amides is 5. The number of aromatic nitrogens is 3. The largest absolute Gasteiger partial charge is 0.471 e. The van der Waals surface area contributed by atoms with E-state index >= 15 is 0 Å². The molecule has 5 atom stereocenters. The number of nitrogens with one attached hydrogen (secondary N) is 4. The fourth-order valence-corrected chi connectivity index (χ4v) is 8.13. The smallest absolute Gasteiger partial charge is 0.408 e. The molecule has 15 nitrogen and oxygen atoms in total. The molecule has 7 rings (SSSR count). The van der Waals surface area contributed by atoms with Crippen LogP contribution in [0.25, 0.3) is 21.6 Å². The lowest BCUT2D eigenvalue weighted by Crippen LogP contribution is -2.60. The van der Waals surface area contributed by atoms with Gasteiger partial charge >= 0.3 is 6.09 Å². The van der Waals surface area contributed by atoms with Gasteiger partial charge in [0, 0.05) is 24.7 Å². The first-order valence-corrected chi connectivity index (χ1v) is 19.9. The average molecular weight is 795 g/mol. The number of thiophene rings is 1. The molecule has 0 radical (unpaired) electrons. The van der Waals surface area contributed by atoms with Gasteiger partial charge < -0.3 is 25.0 Å². The van der Waals surface area contributed by atoms with E-state index in [0.717, 1.165) is 30.6 Å². The van der Waals surface area contributed by atoms with Crippen LogP contribution in [0.5, 0.6) is 5.88 Å². The molecular weight excluding hydrogens is 749 g/mol. The van der Waals surface area contributed by atoms with Crippen LogP contribution in [-0.4, -0.2) is 85.9 Å². The number of fused-ring (bicyclic) bond motifs is 1. The molecule has 0 bridgehead atoms. The van der Waals surface area contributed by atoms with E-state index in [1.807, 2.05) is 62.5 Å². The Morgan fingerprint density at radius 1 is 0.982 bits per heavy atom. The maximum absolute atomic E-state index is 14.7. The summed E-state index contributed by atoms with van der Waals surface area (Å²) in [7, 11) is 0. The lowest BCUT2D eigenvalue weighted by molar-refractivity contribution is -0.143. The molecule has 1 saturated heterocycles. The van der Waals surface area contributed by atoms with Crippen LogP contribution in [0.2, 0.25) is 0 Å². The first-order valence-electron chi connectivity index (χ1n) is 19.1. The number of hydrogen-bond acceptors (Lipinski definition) is 11. The van der Waals surface area contributed by atoms with E-state index in [0.29, 0.717) is 16.7 Å². The fraction of sp³-hybridized carbons (Fsp3) is 0.415. The van der Waals surface area contributed by atoms with E-state index in [9.17, 15) is 24.0 Å². The van der Waals surface area contributed by atoms with Crippen molar-refractivity contribution >= 4 is 52.1 Å². The summed E-state index contributed by atoms with van der Waals surface area (Å²) in [6.45, 7) is 9.26. The van der Waals surface area contributed by atoms with Crippen LogP contribution in [0.3, 0.4) is 0 Å². The second kappa shape index (κ2) is 16.3. The molecule has 57 heavy (non-hydrogen) atoms. The first kappa shape index (κ1) is 39.3. The second-order valence-corrected chi connectivity index (χ2v) is 16.7. The Morgan fingerprint density at radius 2 is 1.74 bits per heavy atom. The minimum Gasteiger partial charge on any atom is -0.471 e. The van der Waals surface area contributed by atoms with Crippen molar-refractivity contribution in [2.24, 2.45) is 11.3 Å². The number of hydrazine groups is 1. The van der Waals surface area contributed by atoms with Gasteiger partial charge in [-0.3, -0.25) is 35.0 Å². The SMILES string of the molecule is C=C[C@@H]1C[C@@]1(NC(=O)[C@@H]1C[C@@H](Oc2nc3ccccc3nc2-c2cccs2)CN1C(=O)[C@@H](NC(=O)OC1CCCC1)C(C)(C)C)C(=O)NNC(=O)c1cccnc1.